The molecule has 0 aliphatic rings. The van der Waals surface area contributed by atoms with Gasteiger partial charge in [-0.15, -0.1) is 0 Å². The van der Waals surface area contributed by atoms with Crippen LogP contribution in [0.1, 0.15) is 16.7 Å². The summed E-state index contributed by atoms with van der Waals surface area (Å²) in [5.41, 5.74) is 3.61. The van der Waals surface area contributed by atoms with E-state index < -0.39 is 0 Å². The summed E-state index contributed by atoms with van der Waals surface area (Å²) in [6.45, 7) is 6.13. The molecular formula is C18H23NO2. The van der Waals surface area contributed by atoms with Crippen molar-refractivity contribution in [3.8, 4) is 11.5 Å². The zero-order valence-corrected chi connectivity index (χ0v) is 13.0. The molecule has 0 saturated carbocycles. The van der Waals surface area contributed by atoms with Gasteiger partial charge in [0.15, 0.2) is 0 Å². The largest absolute Gasteiger partial charge is 0.490 e. The summed E-state index contributed by atoms with van der Waals surface area (Å²) in [5, 5.41) is 3.17. The van der Waals surface area contributed by atoms with Crippen molar-refractivity contribution in [2.45, 2.75) is 20.4 Å². The van der Waals surface area contributed by atoms with E-state index in [1.807, 2.05) is 37.4 Å². The van der Waals surface area contributed by atoms with Crippen LogP contribution in [0.25, 0.3) is 0 Å². The Balaban J connectivity index is 1.88. The maximum atomic E-state index is 5.88. The molecule has 3 heteroatoms. The Kier molecular flexibility index (Phi) is 5.64. The van der Waals surface area contributed by atoms with Crippen LogP contribution < -0.4 is 14.8 Å². The second-order valence-corrected chi connectivity index (χ2v) is 5.10. The lowest BCUT2D eigenvalue weighted by Crippen LogP contribution is -2.11. The molecule has 0 saturated heterocycles. The fraction of sp³-hybridized carbons (Fsp3) is 0.333. The predicted molar refractivity (Wildman–Crippen MR) is 86.1 cm³/mol. The minimum absolute atomic E-state index is 0.543. The molecule has 112 valence electrons. The Morgan fingerprint density at radius 1 is 0.905 bits per heavy atom. The highest BCUT2D eigenvalue weighted by Gasteiger charge is 2.06. The second-order valence-electron chi connectivity index (χ2n) is 5.10. The first-order valence-corrected chi connectivity index (χ1v) is 7.26. The number of para-hydroxylation sites is 1. The van der Waals surface area contributed by atoms with Crippen molar-refractivity contribution >= 4 is 0 Å². The molecule has 0 spiro atoms. The first-order chi connectivity index (χ1) is 10.2. The van der Waals surface area contributed by atoms with Crippen LogP contribution in [0.3, 0.4) is 0 Å². The highest BCUT2D eigenvalue weighted by atomic mass is 16.5. The molecule has 2 aromatic carbocycles. The summed E-state index contributed by atoms with van der Waals surface area (Å²) in [5.74, 6) is 1.84. The molecule has 3 nitrogen and oxygen atoms in total. The van der Waals surface area contributed by atoms with Gasteiger partial charge >= 0.3 is 0 Å². The van der Waals surface area contributed by atoms with Gasteiger partial charge in [0.1, 0.15) is 24.7 Å². The number of hydrogen-bond acceptors (Lipinski definition) is 3. The zero-order valence-electron chi connectivity index (χ0n) is 13.0. The summed E-state index contributed by atoms with van der Waals surface area (Å²) in [7, 11) is 1.95. The topological polar surface area (TPSA) is 30.5 Å². The molecule has 0 radical (unpaired) electrons. The third-order valence-corrected chi connectivity index (χ3v) is 3.24. The van der Waals surface area contributed by atoms with Crippen molar-refractivity contribution in [3.63, 3.8) is 0 Å². The lowest BCUT2D eigenvalue weighted by Gasteiger charge is -2.14. The van der Waals surface area contributed by atoms with Gasteiger partial charge in [0.2, 0.25) is 0 Å². The predicted octanol–water partition coefficient (Wildman–Crippen LogP) is 3.48. The number of benzene rings is 2. The Bertz CT molecular complexity index is 544. The SMILES string of the molecule is CNCc1cc(C)c(OCCOc2ccccc2)c(C)c1. The fourth-order valence-corrected chi connectivity index (χ4v) is 2.39. The normalized spacial score (nSPS) is 10.4. The van der Waals surface area contributed by atoms with E-state index in [2.05, 4.69) is 31.3 Å². The van der Waals surface area contributed by atoms with E-state index in [0.717, 1.165) is 18.0 Å². The molecule has 0 aliphatic heterocycles. The Labute approximate surface area is 126 Å². The van der Waals surface area contributed by atoms with E-state index in [-0.39, 0.29) is 0 Å². The van der Waals surface area contributed by atoms with Gasteiger partial charge in [-0.3, -0.25) is 0 Å². The first-order valence-electron chi connectivity index (χ1n) is 7.26. The molecule has 0 fully saturated rings. The van der Waals surface area contributed by atoms with Crippen LogP contribution >= 0.6 is 0 Å². The number of ether oxygens (including phenoxy) is 2. The summed E-state index contributed by atoms with van der Waals surface area (Å²) < 4.78 is 11.5. The van der Waals surface area contributed by atoms with Crippen LogP contribution in [0.2, 0.25) is 0 Å². The van der Waals surface area contributed by atoms with E-state index in [1.54, 1.807) is 0 Å². The van der Waals surface area contributed by atoms with E-state index in [0.29, 0.717) is 13.2 Å². The Morgan fingerprint density at radius 3 is 2.14 bits per heavy atom. The number of aryl methyl sites for hydroxylation is 2. The minimum Gasteiger partial charge on any atom is -0.490 e. The maximum absolute atomic E-state index is 5.88. The summed E-state index contributed by atoms with van der Waals surface area (Å²) in [6, 6.07) is 14.1. The van der Waals surface area contributed by atoms with Crippen LogP contribution in [-0.4, -0.2) is 20.3 Å². The van der Waals surface area contributed by atoms with Crippen LogP contribution in [0.5, 0.6) is 11.5 Å². The molecule has 2 rings (SSSR count). The van der Waals surface area contributed by atoms with Gasteiger partial charge in [0, 0.05) is 6.54 Å². The molecule has 0 unspecified atom stereocenters. The van der Waals surface area contributed by atoms with Gasteiger partial charge in [-0.2, -0.15) is 0 Å². The van der Waals surface area contributed by atoms with E-state index >= 15 is 0 Å². The van der Waals surface area contributed by atoms with Crippen molar-refractivity contribution in [3.05, 3.63) is 59.2 Å². The number of nitrogens with one attached hydrogen (secondary N) is 1. The van der Waals surface area contributed by atoms with E-state index in [1.165, 1.54) is 16.7 Å². The fourth-order valence-electron chi connectivity index (χ4n) is 2.39. The van der Waals surface area contributed by atoms with Gasteiger partial charge in [0.25, 0.3) is 0 Å². The third kappa shape index (κ3) is 4.50. The molecule has 0 heterocycles. The van der Waals surface area contributed by atoms with Crippen LogP contribution in [0.15, 0.2) is 42.5 Å². The number of rotatable bonds is 7. The smallest absolute Gasteiger partial charge is 0.125 e. The number of hydrogen-bond donors (Lipinski definition) is 1. The molecule has 0 bridgehead atoms. The van der Waals surface area contributed by atoms with Crippen molar-refractivity contribution in [2.75, 3.05) is 20.3 Å². The van der Waals surface area contributed by atoms with Gasteiger partial charge in [-0.25, -0.2) is 0 Å². The maximum Gasteiger partial charge on any atom is 0.125 e. The lowest BCUT2D eigenvalue weighted by atomic mass is 10.1. The third-order valence-electron chi connectivity index (χ3n) is 3.24. The average molecular weight is 285 g/mol. The van der Waals surface area contributed by atoms with Crippen molar-refractivity contribution in [1.82, 2.24) is 5.32 Å². The van der Waals surface area contributed by atoms with Crippen LogP contribution in [0, 0.1) is 13.8 Å². The molecule has 1 N–H and O–H groups in total. The second kappa shape index (κ2) is 7.70. The Morgan fingerprint density at radius 2 is 1.52 bits per heavy atom. The standard InChI is InChI=1S/C18H23NO2/c1-14-11-16(13-19-3)12-15(2)18(14)21-10-9-20-17-7-5-4-6-8-17/h4-8,11-12,19H,9-10,13H2,1-3H3. The molecular weight excluding hydrogens is 262 g/mol. The van der Waals surface area contributed by atoms with Gasteiger partial charge in [-0.1, -0.05) is 30.3 Å². The van der Waals surface area contributed by atoms with Gasteiger partial charge in [0.05, 0.1) is 0 Å². The molecule has 2 aromatic rings. The average Bonchev–Trinajstić information content (AvgIpc) is 2.47. The van der Waals surface area contributed by atoms with E-state index in [4.69, 9.17) is 9.47 Å². The van der Waals surface area contributed by atoms with Crippen molar-refractivity contribution < 1.29 is 9.47 Å². The molecule has 0 amide bonds. The minimum atomic E-state index is 0.543. The quantitative estimate of drug-likeness (QED) is 0.790. The highest BCUT2D eigenvalue weighted by molar-refractivity contribution is 5.43. The highest BCUT2D eigenvalue weighted by Crippen LogP contribution is 2.24. The first kappa shape index (κ1) is 15.4. The van der Waals surface area contributed by atoms with E-state index in [9.17, 15) is 0 Å². The van der Waals surface area contributed by atoms with Crippen LogP contribution in [-0.2, 0) is 6.54 Å². The van der Waals surface area contributed by atoms with Crippen LogP contribution in [0.4, 0.5) is 0 Å². The molecule has 0 atom stereocenters. The molecule has 21 heavy (non-hydrogen) atoms. The summed E-state index contributed by atoms with van der Waals surface area (Å²) in [4.78, 5) is 0. The molecule has 0 aliphatic carbocycles. The zero-order chi connectivity index (χ0) is 15.1. The monoisotopic (exact) mass is 285 g/mol. The van der Waals surface area contributed by atoms with Crippen molar-refractivity contribution in [2.24, 2.45) is 0 Å². The summed E-state index contributed by atoms with van der Waals surface area (Å²) in [6.07, 6.45) is 0. The van der Waals surface area contributed by atoms with Gasteiger partial charge in [-0.05, 0) is 49.7 Å². The summed E-state index contributed by atoms with van der Waals surface area (Å²) >= 11 is 0. The Hall–Kier alpha value is -2.00. The molecule has 0 aromatic heterocycles. The van der Waals surface area contributed by atoms with Gasteiger partial charge < -0.3 is 14.8 Å². The van der Waals surface area contributed by atoms with Crippen molar-refractivity contribution in [1.29, 1.82) is 0 Å². The lowest BCUT2D eigenvalue weighted by molar-refractivity contribution is 0.215.